The van der Waals surface area contributed by atoms with E-state index in [1.165, 1.54) is 32.1 Å². The van der Waals surface area contributed by atoms with E-state index in [9.17, 15) is 0 Å². The molecule has 2 N–H and O–H groups in total. The van der Waals surface area contributed by atoms with Gasteiger partial charge < -0.3 is 5.73 Å². The molecule has 1 nitrogen and oxygen atoms in total. The summed E-state index contributed by atoms with van der Waals surface area (Å²) in [5.41, 5.74) is 5.66. The van der Waals surface area contributed by atoms with Gasteiger partial charge in [0.1, 0.15) is 0 Å². The molecule has 0 heterocycles. The van der Waals surface area contributed by atoms with Crippen LogP contribution < -0.4 is 5.73 Å². The van der Waals surface area contributed by atoms with Crippen LogP contribution in [-0.2, 0) is 0 Å². The van der Waals surface area contributed by atoms with Crippen molar-refractivity contribution in [1.29, 1.82) is 0 Å². The van der Waals surface area contributed by atoms with Crippen molar-refractivity contribution < 1.29 is 0 Å². The fourth-order valence-electron chi connectivity index (χ4n) is 2.33. The maximum atomic E-state index is 5.66. The van der Waals surface area contributed by atoms with Gasteiger partial charge in [0, 0.05) is 0 Å². The zero-order valence-corrected chi connectivity index (χ0v) is 8.55. The van der Waals surface area contributed by atoms with Gasteiger partial charge in [0.25, 0.3) is 0 Å². The first kappa shape index (κ1) is 10.0. The standard InChI is InChI=1S/C11H23N/c1-3-9(2)11-6-4-10(8-12)5-7-11/h9-11H,3-8,12H2,1-2H3/t9-,10?,11?/m0/s1. The number of hydrogen-bond acceptors (Lipinski definition) is 1. The van der Waals surface area contributed by atoms with Crippen molar-refractivity contribution >= 4 is 0 Å². The van der Waals surface area contributed by atoms with Gasteiger partial charge in [0.2, 0.25) is 0 Å². The Morgan fingerprint density at radius 1 is 1.25 bits per heavy atom. The maximum absolute atomic E-state index is 5.66. The molecule has 0 aromatic heterocycles. The second kappa shape index (κ2) is 4.86. The molecule has 0 aromatic carbocycles. The lowest BCUT2D eigenvalue weighted by molar-refractivity contribution is 0.214. The van der Waals surface area contributed by atoms with Gasteiger partial charge in [-0.3, -0.25) is 0 Å². The lowest BCUT2D eigenvalue weighted by Gasteiger charge is -2.31. The van der Waals surface area contributed by atoms with Gasteiger partial charge in [-0.1, -0.05) is 20.3 Å². The van der Waals surface area contributed by atoms with E-state index in [-0.39, 0.29) is 0 Å². The predicted octanol–water partition coefficient (Wildman–Crippen LogP) is 2.80. The van der Waals surface area contributed by atoms with E-state index in [4.69, 9.17) is 5.73 Å². The third-order valence-corrected chi connectivity index (χ3v) is 3.67. The van der Waals surface area contributed by atoms with Crippen molar-refractivity contribution in [3.63, 3.8) is 0 Å². The van der Waals surface area contributed by atoms with Crippen LogP contribution in [0.5, 0.6) is 0 Å². The van der Waals surface area contributed by atoms with E-state index in [1.807, 2.05) is 0 Å². The van der Waals surface area contributed by atoms with Crippen LogP contribution in [0.15, 0.2) is 0 Å². The Bertz CT molecular complexity index is 114. The minimum atomic E-state index is 0.838. The minimum Gasteiger partial charge on any atom is -0.330 e. The molecule has 1 aliphatic rings. The molecule has 1 fully saturated rings. The average molecular weight is 169 g/mol. The number of nitrogens with two attached hydrogens (primary N) is 1. The summed E-state index contributed by atoms with van der Waals surface area (Å²) in [7, 11) is 0. The van der Waals surface area contributed by atoms with Gasteiger partial charge in [0.05, 0.1) is 0 Å². The monoisotopic (exact) mass is 169 g/mol. The Balaban J connectivity index is 2.25. The molecular weight excluding hydrogens is 146 g/mol. The largest absolute Gasteiger partial charge is 0.330 e. The number of rotatable bonds is 3. The van der Waals surface area contributed by atoms with E-state index in [0.717, 1.165) is 24.3 Å². The molecule has 1 aliphatic carbocycles. The first-order valence-corrected chi connectivity index (χ1v) is 5.48. The third-order valence-electron chi connectivity index (χ3n) is 3.67. The van der Waals surface area contributed by atoms with Crippen LogP contribution in [0, 0.1) is 17.8 Å². The Morgan fingerprint density at radius 2 is 1.83 bits per heavy atom. The van der Waals surface area contributed by atoms with Gasteiger partial charge in [-0.15, -0.1) is 0 Å². The fraction of sp³-hybridized carbons (Fsp3) is 1.00. The quantitative estimate of drug-likeness (QED) is 0.690. The smallest absolute Gasteiger partial charge is 0.00489 e. The summed E-state index contributed by atoms with van der Waals surface area (Å²) in [6, 6.07) is 0. The highest BCUT2D eigenvalue weighted by molar-refractivity contribution is 4.75. The van der Waals surface area contributed by atoms with Crippen molar-refractivity contribution in [2.75, 3.05) is 6.54 Å². The first-order chi connectivity index (χ1) is 5.77. The molecule has 0 saturated heterocycles. The van der Waals surface area contributed by atoms with Crippen LogP contribution >= 0.6 is 0 Å². The van der Waals surface area contributed by atoms with Crippen LogP contribution in [0.2, 0.25) is 0 Å². The molecule has 1 heteroatoms. The maximum Gasteiger partial charge on any atom is -0.00489 e. The molecule has 72 valence electrons. The lowest BCUT2D eigenvalue weighted by Crippen LogP contribution is -2.24. The van der Waals surface area contributed by atoms with Crippen molar-refractivity contribution in [2.45, 2.75) is 46.0 Å². The Morgan fingerprint density at radius 3 is 2.25 bits per heavy atom. The normalized spacial score (nSPS) is 33.2. The second-order valence-corrected chi connectivity index (χ2v) is 4.40. The predicted molar refractivity (Wildman–Crippen MR) is 54.0 cm³/mol. The van der Waals surface area contributed by atoms with E-state index in [0.29, 0.717) is 0 Å². The van der Waals surface area contributed by atoms with Crippen molar-refractivity contribution in [3.05, 3.63) is 0 Å². The molecule has 0 spiro atoms. The summed E-state index contributed by atoms with van der Waals surface area (Å²) in [6.07, 6.45) is 6.96. The van der Waals surface area contributed by atoms with E-state index < -0.39 is 0 Å². The van der Waals surface area contributed by atoms with Crippen LogP contribution in [0.4, 0.5) is 0 Å². The van der Waals surface area contributed by atoms with Gasteiger partial charge in [0.15, 0.2) is 0 Å². The van der Waals surface area contributed by atoms with E-state index in [1.54, 1.807) is 0 Å². The Labute approximate surface area is 76.7 Å². The van der Waals surface area contributed by atoms with Gasteiger partial charge in [-0.25, -0.2) is 0 Å². The molecule has 1 rings (SSSR count). The van der Waals surface area contributed by atoms with Crippen molar-refractivity contribution in [2.24, 2.45) is 23.5 Å². The van der Waals surface area contributed by atoms with Gasteiger partial charge in [-0.05, 0) is 50.0 Å². The molecule has 0 unspecified atom stereocenters. The summed E-state index contributed by atoms with van der Waals surface area (Å²) in [5.74, 6) is 2.77. The van der Waals surface area contributed by atoms with E-state index in [2.05, 4.69) is 13.8 Å². The molecule has 0 aliphatic heterocycles. The molecular formula is C11H23N. The SMILES string of the molecule is CC[C@H](C)C1CCC(CN)CC1. The topological polar surface area (TPSA) is 26.0 Å². The summed E-state index contributed by atoms with van der Waals surface area (Å²) >= 11 is 0. The fourth-order valence-corrected chi connectivity index (χ4v) is 2.33. The van der Waals surface area contributed by atoms with Crippen molar-refractivity contribution in [3.8, 4) is 0 Å². The highest BCUT2D eigenvalue weighted by Crippen LogP contribution is 2.33. The highest BCUT2D eigenvalue weighted by atomic mass is 14.5. The summed E-state index contributed by atoms with van der Waals surface area (Å²) in [6.45, 7) is 5.61. The average Bonchev–Trinajstić information content (AvgIpc) is 2.17. The van der Waals surface area contributed by atoms with Crippen molar-refractivity contribution in [1.82, 2.24) is 0 Å². The zero-order chi connectivity index (χ0) is 8.97. The highest BCUT2D eigenvalue weighted by Gasteiger charge is 2.23. The van der Waals surface area contributed by atoms with Gasteiger partial charge in [-0.2, -0.15) is 0 Å². The molecule has 12 heavy (non-hydrogen) atoms. The molecule has 0 radical (unpaired) electrons. The van der Waals surface area contributed by atoms with Gasteiger partial charge >= 0.3 is 0 Å². The first-order valence-electron chi connectivity index (χ1n) is 5.48. The Hall–Kier alpha value is -0.0400. The molecule has 1 saturated carbocycles. The molecule has 0 bridgehead atoms. The number of hydrogen-bond donors (Lipinski definition) is 1. The van der Waals surface area contributed by atoms with Crippen LogP contribution in [-0.4, -0.2) is 6.54 Å². The van der Waals surface area contributed by atoms with E-state index >= 15 is 0 Å². The summed E-state index contributed by atoms with van der Waals surface area (Å²) in [4.78, 5) is 0. The van der Waals surface area contributed by atoms with Crippen LogP contribution in [0.1, 0.15) is 46.0 Å². The minimum absolute atomic E-state index is 0.838. The molecule has 0 amide bonds. The molecule has 1 atom stereocenters. The Kier molecular flexibility index (Phi) is 4.07. The van der Waals surface area contributed by atoms with Crippen LogP contribution in [0.3, 0.4) is 0 Å². The summed E-state index contributed by atoms with van der Waals surface area (Å²) < 4.78 is 0. The second-order valence-electron chi connectivity index (χ2n) is 4.40. The van der Waals surface area contributed by atoms with Crippen LogP contribution in [0.25, 0.3) is 0 Å². The zero-order valence-electron chi connectivity index (χ0n) is 8.55. The lowest BCUT2D eigenvalue weighted by atomic mass is 9.76. The third kappa shape index (κ3) is 2.48. The molecule has 0 aromatic rings. The summed E-state index contributed by atoms with van der Waals surface area (Å²) in [5, 5.41) is 0.